The van der Waals surface area contributed by atoms with E-state index in [2.05, 4.69) is 16.4 Å². The van der Waals surface area contributed by atoms with E-state index in [1.165, 1.54) is 19.3 Å². The molecule has 3 N–H and O–H groups in total. The Morgan fingerprint density at radius 3 is 2.95 bits per heavy atom. The van der Waals surface area contributed by atoms with Gasteiger partial charge in [-0.2, -0.15) is 0 Å². The van der Waals surface area contributed by atoms with Crippen LogP contribution in [0.2, 0.25) is 0 Å². The van der Waals surface area contributed by atoms with E-state index in [1.54, 1.807) is 0 Å². The Hall–Kier alpha value is -1.97. The lowest BCUT2D eigenvalue weighted by atomic mass is 9.93. The van der Waals surface area contributed by atoms with Crippen LogP contribution in [0.15, 0.2) is 33.7 Å². The lowest BCUT2D eigenvalue weighted by Gasteiger charge is -2.26. The molecule has 0 radical (unpaired) electrons. The van der Waals surface area contributed by atoms with Crippen LogP contribution in [0.25, 0.3) is 11.0 Å². The number of guanidine groups is 1. The number of aliphatic imine (C=N–C) groups is 1. The molecule has 1 aromatic heterocycles. The highest BCUT2D eigenvalue weighted by molar-refractivity contribution is 5.83. The van der Waals surface area contributed by atoms with Crippen molar-refractivity contribution in [2.45, 2.75) is 38.8 Å². The van der Waals surface area contributed by atoms with E-state index >= 15 is 0 Å². The molecule has 1 saturated carbocycles. The van der Waals surface area contributed by atoms with Crippen LogP contribution >= 0.6 is 0 Å². The number of nitrogens with one attached hydrogen (secondary N) is 1. The Morgan fingerprint density at radius 1 is 1.42 bits per heavy atom. The summed E-state index contributed by atoms with van der Waals surface area (Å²) in [5.41, 5.74) is 7.94. The van der Waals surface area contributed by atoms with Gasteiger partial charge in [-0.05, 0) is 32.3 Å². The number of fused-ring (bicyclic) bond motifs is 1. The maximum Gasteiger partial charge on any atom is 0.189 e. The van der Waals surface area contributed by atoms with E-state index in [-0.39, 0.29) is 0 Å². The van der Waals surface area contributed by atoms with Crippen molar-refractivity contribution in [2.24, 2.45) is 10.7 Å². The first-order valence-corrected chi connectivity index (χ1v) is 6.77. The SMILES string of the molecule is Cc1oc2ccccc2c1CN=C(N)NC1CCC1. The molecular weight excluding hydrogens is 238 g/mol. The minimum absolute atomic E-state index is 0.519. The summed E-state index contributed by atoms with van der Waals surface area (Å²) >= 11 is 0. The van der Waals surface area contributed by atoms with E-state index in [4.69, 9.17) is 10.2 Å². The highest BCUT2D eigenvalue weighted by Crippen LogP contribution is 2.25. The van der Waals surface area contributed by atoms with Gasteiger partial charge in [0.2, 0.25) is 0 Å². The number of hydrogen-bond acceptors (Lipinski definition) is 2. The molecule has 0 amide bonds. The average Bonchev–Trinajstić information content (AvgIpc) is 2.67. The van der Waals surface area contributed by atoms with Crippen LogP contribution in [0, 0.1) is 6.92 Å². The summed E-state index contributed by atoms with van der Waals surface area (Å²) in [6, 6.07) is 8.55. The highest BCUT2D eigenvalue weighted by atomic mass is 16.3. The molecule has 1 heterocycles. The molecule has 0 bridgehead atoms. The first-order chi connectivity index (χ1) is 9.24. The van der Waals surface area contributed by atoms with Crippen LogP contribution in [-0.4, -0.2) is 12.0 Å². The fourth-order valence-electron chi connectivity index (χ4n) is 2.39. The molecule has 1 fully saturated rings. The van der Waals surface area contributed by atoms with Crippen LogP contribution in [0.1, 0.15) is 30.6 Å². The molecule has 19 heavy (non-hydrogen) atoms. The van der Waals surface area contributed by atoms with Crippen molar-refractivity contribution in [1.82, 2.24) is 5.32 Å². The average molecular weight is 257 g/mol. The fourth-order valence-corrected chi connectivity index (χ4v) is 2.39. The van der Waals surface area contributed by atoms with E-state index in [0.717, 1.165) is 22.3 Å². The predicted octanol–water partition coefficient (Wildman–Crippen LogP) is 2.70. The Morgan fingerprint density at radius 2 is 2.21 bits per heavy atom. The molecule has 1 aromatic carbocycles. The maximum atomic E-state index is 5.90. The fraction of sp³-hybridized carbons (Fsp3) is 0.400. The first kappa shape index (κ1) is 12.1. The third kappa shape index (κ3) is 2.43. The second kappa shape index (κ2) is 4.96. The van der Waals surface area contributed by atoms with Gasteiger partial charge in [-0.25, -0.2) is 4.99 Å². The minimum Gasteiger partial charge on any atom is -0.461 e. The number of aryl methyl sites for hydroxylation is 1. The number of rotatable bonds is 3. The van der Waals surface area contributed by atoms with E-state index in [1.807, 2.05) is 25.1 Å². The van der Waals surface area contributed by atoms with Gasteiger partial charge in [-0.1, -0.05) is 18.2 Å². The van der Waals surface area contributed by atoms with Crippen molar-refractivity contribution < 1.29 is 4.42 Å². The lowest BCUT2D eigenvalue weighted by Crippen LogP contribution is -2.43. The zero-order valence-electron chi connectivity index (χ0n) is 11.1. The van der Waals surface area contributed by atoms with Gasteiger partial charge in [-0.15, -0.1) is 0 Å². The third-order valence-electron chi connectivity index (χ3n) is 3.76. The summed E-state index contributed by atoms with van der Waals surface area (Å²) in [4.78, 5) is 4.42. The van der Waals surface area contributed by atoms with Gasteiger partial charge in [-0.3, -0.25) is 0 Å². The topological polar surface area (TPSA) is 63.5 Å². The quantitative estimate of drug-likeness (QED) is 0.656. The molecule has 0 unspecified atom stereocenters. The second-order valence-electron chi connectivity index (χ2n) is 5.11. The van der Waals surface area contributed by atoms with Crippen molar-refractivity contribution >= 4 is 16.9 Å². The van der Waals surface area contributed by atoms with Crippen LogP contribution in [0.4, 0.5) is 0 Å². The van der Waals surface area contributed by atoms with Gasteiger partial charge in [0.1, 0.15) is 11.3 Å². The van der Waals surface area contributed by atoms with E-state index in [9.17, 15) is 0 Å². The molecule has 4 heteroatoms. The highest BCUT2D eigenvalue weighted by Gasteiger charge is 2.17. The zero-order valence-corrected chi connectivity index (χ0v) is 11.1. The molecule has 1 aliphatic carbocycles. The zero-order chi connectivity index (χ0) is 13.2. The van der Waals surface area contributed by atoms with Crippen molar-refractivity contribution in [3.8, 4) is 0 Å². The van der Waals surface area contributed by atoms with Gasteiger partial charge in [0, 0.05) is 17.0 Å². The molecule has 100 valence electrons. The molecule has 1 aliphatic rings. The molecule has 2 aromatic rings. The van der Waals surface area contributed by atoms with Gasteiger partial charge in [0.25, 0.3) is 0 Å². The van der Waals surface area contributed by atoms with Gasteiger partial charge in [0.05, 0.1) is 6.54 Å². The molecule has 0 atom stereocenters. The minimum atomic E-state index is 0.519. The number of benzene rings is 1. The van der Waals surface area contributed by atoms with Crippen LogP contribution in [0.3, 0.4) is 0 Å². The number of nitrogens with zero attached hydrogens (tertiary/aromatic N) is 1. The standard InChI is InChI=1S/C15H19N3O/c1-10-13(12-7-2-3-8-14(12)19-10)9-17-15(16)18-11-5-4-6-11/h2-3,7-8,11H,4-6,9H2,1H3,(H3,16,17,18). The third-order valence-corrected chi connectivity index (χ3v) is 3.76. The molecule has 4 nitrogen and oxygen atoms in total. The lowest BCUT2D eigenvalue weighted by molar-refractivity contribution is 0.382. The Bertz CT molecular complexity index is 611. The summed E-state index contributed by atoms with van der Waals surface area (Å²) in [6.07, 6.45) is 3.68. The predicted molar refractivity (Wildman–Crippen MR) is 77.1 cm³/mol. The van der Waals surface area contributed by atoms with Crippen molar-refractivity contribution in [2.75, 3.05) is 0 Å². The van der Waals surface area contributed by atoms with Crippen molar-refractivity contribution in [1.29, 1.82) is 0 Å². The smallest absolute Gasteiger partial charge is 0.189 e. The maximum absolute atomic E-state index is 5.90. The molecule has 3 rings (SSSR count). The normalized spacial score (nSPS) is 16.6. The van der Waals surface area contributed by atoms with Crippen LogP contribution < -0.4 is 11.1 Å². The number of hydrogen-bond donors (Lipinski definition) is 2. The number of furan rings is 1. The summed E-state index contributed by atoms with van der Waals surface area (Å²) in [5, 5.41) is 4.37. The van der Waals surface area contributed by atoms with Gasteiger partial charge in [0.15, 0.2) is 5.96 Å². The number of para-hydroxylation sites is 1. The second-order valence-corrected chi connectivity index (χ2v) is 5.11. The van der Waals surface area contributed by atoms with Gasteiger partial charge >= 0.3 is 0 Å². The van der Waals surface area contributed by atoms with E-state index < -0.39 is 0 Å². The molecule has 0 spiro atoms. The summed E-state index contributed by atoms with van der Waals surface area (Å²) < 4.78 is 5.71. The molecule has 0 saturated heterocycles. The van der Waals surface area contributed by atoms with Crippen molar-refractivity contribution in [3.63, 3.8) is 0 Å². The largest absolute Gasteiger partial charge is 0.461 e. The molecular formula is C15H19N3O. The van der Waals surface area contributed by atoms with Gasteiger partial charge < -0.3 is 15.5 Å². The monoisotopic (exact) mass is 257 g/mol. The van der Waals surface area contributed by atoms with E-state index in [0.29, 0.717) is 18.5 Å². The summed E-state index contributed by atoms with van der Waals surface area (Å²) in [5.74, 6) is 1.45. The van der Waals surface area contributed by atoms with Crippen molar-refractivity contribution in [3.05, 3.63) is 35.6 Å². The van der Waals surface area contributed by atoms with Crippen LogP contribution in [0.5, 0.6) is 0 Å². The number of nitrogens with two attached hydrogens (primary N) is 1. The Labute approximate surface area is 112 Å². The Balaban J connectivity index is 1.77. The Kier molecular flexibility index (Phi) is 3.15. The molecule has 0 aliphatic heterocycles. The summed E-state index contributed by atoms with van der Waals surface area (Å²) in [6.45, 7) is 2.54. The first-order valence-electron chi connectivity index (χ1n) is 6.77. The van der Waals surface area contributed by atoms with Crippen LogP contribution in [-0.2, 0) is 6.54 Å². The summed E-state index contributed by atoms with van der Waals surface area (Å²) in [7, 11) is 0.